The van der Waals surface area contributed by atoms with Crippen LogP contribution in [0.15, 0.2) is 30.5 Å². The molecule has 0 radical (unpaired) electrons. The van der Waals surface area contributed by atoms with Crippen LogP contribution < -0.4 is 10.1 Å². The summed E-state index contributed by atoms with van der Waals surface area (Å²) in [6, 6.07) is 7.74. The maximum absolute atomic E-state index is 12.5. The van der Waals surface area contributed by atoms with Gasteiger partial charge in [-0.2, -0.15) is 5.10 Å². The van der Waals surface area contributed by atoms with Gasteiger partial charge in [0, 0.05) is 30.1 Å². The zero-order chi connectivity index (χ0) is 19.2. The van der Waals surface area contributed by atoms with Crippen LogP contribution in [0.1, 0.15) is 25.3 Å². The Hall–Kier alpha value is -2.60. The summed E-state index contributed by atoms with van der Waals surface area (Å²) in [6.07, 6.45) is 3.45. The normalized spacial score (nSPS) is 19.9. The first-order valence-electron chi connectivity index (χ1n) is 8.89. The van der Waals surface area contributed by atoms with E-state index in [4.69, 9.17) is 16.3 Å². The van der Waals surface area contributed by atoms with Gasteiger partial charge in [0.15, 0.2) is 0 Å². The molecule has 1 atom stereocenters. The van der Waals surface area contributed by atoms with E-state index in [1.807, 2.05) is 38.2 Å². The molecule has 1 N–H and O–H groups in total. The standard InChI is InChI=1S/C20H21ClN4O2/c1-20(7-4-8-22-19(20)26)14-5-6-16(24-18(14)27-3)12-9-15(21)13-11-23-25(2)17(13)10-12/h5-6,9-11H,4,7-8H2,1-3H3,(H,22,26)/t20-/m1/s1. The second-order valence-electron chi connectivity index (χ2n) is 7.10. The molecule has 0 spiro atoms. The molecular formula is C20H21ClN4O2. The average Bonchev–Trinajstić information content (AvgIpc) is 3.05. The van der Waals surface area contributed by atoms with Crippen LogP contribution in [-0.4, -0.2) is 34.3 Å². The van der Waals surface area contributed by atoms with E-state index in [2.05, 4.69) is 15.4 Å². The average molecular weight is 385 g/mol. The summed E-state index contributed by atoms with van der Waals surface area (Å²) in [4.78, 5) is 17.2. The molecule has 27 heavy (non-hydrogen) atoms. The predicted octanol–water partition coefficient (Wildman–Crippen LogP) is 3.47. The van der Waals surface area contributed by atoms with Crippen molar-refractivity contribution in [3.8, 4) is 17.1 Å². The van der Waals surface area contributed by atoms with Crippen LogP contribution in [0, 0.1) is 0 Å². The van der Waals surface area contributed by atoms with E-state index in [0.717, 1.165) is 40.6 Å². The Morgan fingerprint density at radius 3 is 2.89 bits per heavy atom. The SMILES string of the molecule is COc1nc(-c2cc(Cl)c3cnn(C)c3c2)ccc1[C@@]1(C)CCCNC1=O. The molecule has 1 amide bonds. The first kappa shape index (κ1) is 17.8. The van der Waals surface area contributed by atoms with Crippen LogP contribution >= 0.6 is 11.6 Å². The fourth-order valence-electron chi connectivity index (χ4n) is 3.74. The first-order chi connectivity index (χ1) is 12.9. The number of amides is 1. The molecule has 0 bridgehead atoms. The van der Waals surface area contributed by atoms with Gasteiger partial charge in [-0.25, -0.2) is 4.98 Å². The lowest BCUT2D eigenvalue weighted by molar-refractivity contribution is -0.128. The summed E-state index contributed by atoms with van der Waals surface area (Å²) in [5, 5.41) is 8.74. The summed E-state index contributed by atoms with van der Waals surface area (Å²) in [5.41, 5.74) is 2.71. The minimum atomic E-state index is -0.640. The molecule has 0 saturated carbocycles. The molecular weight excluding hydrogens is 364 g/mol. The van der Waals surface area contributed by atoms with Crippen molar-refractivity contribution in [1.82, 2.24) is 20.1 Å². The van der Waals surface area contributed by atoms with E-state index in [-0.39, 0.29) is 5.91 Å². The Balaban J connectivity index is 1.82. The van der Waals surface area contributed by atoms with Crippen LogP contribution in [0.2, 0.25) is 5.02 Å². The molecule has 3 heterocycles. The molecule has 7 heteroatoms. The van der Waals surface area contributed by atoms with E-state index in [9.17, 15) is 4.79 Å². The molecule has 2 aromatic heterocycles. The Morgan fingerprint density at radius 1 is 1.33 bits per heavy atom. The van der Waals surface area contributed by atoms with E-state index in [0.29, 0.717) is 17.4 Å². The highest BCUT2D eigenvalue weighted by Crippen LogP contribution is 2.38. The number of ether oxygens (including phenoxy) is 1. The number of aryl methyl sites for hydroxylation is 1. The fraction of sp³-hybridized carbons (Fsp3) is 0.350. The number of nitrogens with zero attached hydrogens (tertiary/aromatic N) is 3. The summed E-state index contributed by atoms with van der Waals surface area (Å²) < 4.78 is 7.34. The van der Waals surface area contributed by atoms with Crippen molar-refractivity contribution < 1.29 is 9.53 Å². The lowest BCUT2D eigenvalue weighted by Gasteiger charge is -2.33. The molecule has 1 saturated heterocycles. The van der Waals surface area contributed by atoms with Gasteiger partial charge in [0.25, 0.3) is 0 Å². The van der Waals surface area contributed by atoms with Crippen molar-refractivity contribution in [2.75, 3.05) is 13.7 Å². The smallest absolute Gasteiger partial charge is 0.230 e. The highest BCUT2D eigenvalue weighted by Gasteiger charge is 2.40. The number of aromatic nitrogens is 3. The van der Waals surface area contributed by atoms with E-state index in [1.54, 1.807) is 18.0 Å². The summed E-state index contributed by atoms with van der Waals surface area (Å²) in [7, 11) is 3.46. The van der Waals surface area contributed by atoms with Crippen molar-refractivity contribution in [2.24, 2.45) is 7.05 Å². The van der Waals surface area contributed by atoms with Crippen molar-refractivity contribution in [3.63, 3.8) is 0 Å². The minimum absolute atomic E-state index is 0.0148. The van der Waals surface area contributed by atoms with Gasteiger partial charge < -0.3 is 10.1 Å². The molecule has 1 aliphatic rings. The van der Waals surface area contributed by atoms with E-state index >= 15 is 0 Å². The largest absolute Gasteiger partial charge is 0.481 e. The number of hydrogen-bond donors (Lipinski definition) is 1. The summed E-state index contributed by atoms with van der Waals surface area (Å²) in [6.45, 7) is 2.66. The number of pyridine rings is 1. The minimum Gasteiger partial charge on any atom is -0.481 e. The Bertz CT molecular complexity index is 1050. The molecule has 6 nitrogen and oxygen atoms in total. The fourth-order valence-corrected chi connectivity index (χ4v) is 4.00. The van der Waals surface area contributed by atoms with Crippen LogP contribution in [0.5, 0.6) is 5.88 Å². The summed E-state index contributed by atoms with van der Waals surface area (Å²) >= 11 is 6.43. The second-order valence-corrected chi connectivity index (χ2v) is 7.51. The topological polar surface area (TPSA) is 69.0 Å². The highest BCUT2D eigenvalue weighted by atomic mass is 35.5. The van der Waals surface area contributed by atoms with Gasteiger partial charge >= 0.3 is 0 Å². The van der Waals surface area contributed by atoms with Crippen molar-refractivity contribution in [2.45, 2.75) is 25.2 Å². The van der Waals surface area contributed by atoms with Gasteiger partial charge in [-0.3, -0.25) is 9.48 Å². The lowest BCUT2D eigenvalue weighted by Crippen LogP contribution is -2.47. The zero-order valence-corrected chi connectivity index (χ0v) is 16.3. The molecule has 1 aliphatic heterocycles. The van der Waals surface area contributed by atoms with E-state index < -0.39 is 5.41 Å². The van der Waals surface area contributed by atoms with Crippen LogP contribution in [0.4, 0.5) is 0 Å². The number of carbonyl (C=O) groups is 1. The third-order valence-corrected chi connectivity index (χ3v) is 5.71. The molecule has 4 rings (SSSR count). The lowest BCUT2D eigenvalue weighted by atomic mass is 9.76. The zero-order valence-electron chi connectivity index (χ0n) is 15.5. The molecule has 1 fully saturated rings. The Kier molecular flexibility index (Phi) is 4.30. The summed E-state index contributed by atoms with van der Waals surface area (Å²) in [5.74, 6) is 0.481. The number of piperidine rings is 1. The molecule has 3 aromatic rings. The molecule has 140 valence electrons. The molecule has 1 aromatic carbocycles. The third-order valence-electron chi connectivity index (χ3n) is 5.40. The van der Waals surface area contributed by atoms with Crippen molar-refractivity contribution in [3.05, 3.63) is 41.0 Å². The maximum atomic E-state index is 12.5. The van der Waals surface area contributed by atoms with Gasteiger partial charge in [0.1, 0.15) is 0 Å². The van der Waals surface area contributed by atoms with Crippen LogP contribution in [0.25, 0.3) is 22.2 Å². The van der Waals surface area contributed by atoms with Crippen LogP contribution in [0.3, 0.4) is 0 Å². The van der Waals surface area contributed by atoms with Gasteiger partial charge in [-0.05, 0) is 38.0 Å². The first-order valence-corrected chi connectivity index (χ1v) is 9.27. The Labute approximate surface area is 162 Å². The van der Waals surface area contributed by atoms with Crippen molar-refractivity contribution in [1.29, 1.82) is 0 Å². The van der Waals surface area contributed by atoms with E-state index in [1.165, 1.54) is 0 Å². The second kappa shape index (κ2) is 6.53. The highest BCUT2D eigenvalue weighted by molar-refractivity contribution is 6.35. The maximum Gasteiger partial charge on any atom is 0.230 e. The monoisotopic (exact) mass is 384 g/mol. The number of methoxy groups -OCH3 is 1. The predicted molar refractivity (Wildman–Crippen MR) is 105 cm³/mol. The van der Waals surface area contributed by atoms with Crippen molar-refractivity contribution >= 4 is 28.4 Å². The quantitative estimate of drug-likeness (QED) is 0.750. The Morgan fingerprint density at radius 2 is 2.15 bits per heavy atom. The molecule has 0 unspecified atom stereocenters. The number of carbonyl (C=O) groups excluding carboxylic acids is 1. The van der Waals surface area contributed by atoms with Gasteiger partial charge in [0.2, 0.25) is 11.8 Å². The number of rotatable bonds is 3. The third kappa shape index (κ3) is 2.84. The number of hydrogen-bond acceptors (Lipinski definition) is 4. The number of fused-ring (bicyclic) bond motifs is 1. The van der Waals surface area contributed by atoms with Gasteiger partial charge in [-0.1, -0.05) is 17.7 Å². The number of nitrogens with one attached hydrogen (secondary N) is 1. The van der Waals surface area contributed by atoms with Gasteiger partial charge in [-0.15, -0.1) is 0 Å². The number of halogens is 1. The number of benzene rings is 1. The van der Waals surface area contributed by atoms with Gasteiger partial charge in [0.05, 0.1) is 35.0 Å². The van der Waals surface area contributed by atoms with Crippen LogP contribution in [-0.2, 0) is 17.3 Å². The molecule has 0 aliphatic carbocycles.